The van der Waals surface area contributed by atoms with E-state index in [-0.39, 0.29) is 18.0 Å². The number of amides is 1. The number of nitrogens with zero attached hydrogens (tertiary/aromatic N) is 4. The van der Waals surface area contributed by atoms with Crippen LogP contribution in [0.15, 0.2) is 90.1 Å². The van der Waals surface area contributed by atoms with Crippen LogP contribution in [0, 0.1) is 0 Å². The Kier molecular flexibility index (Phi) is 6.51. The first-order chi connectivity index (χ1) is 17.5. The molecule has 5 rings (SSSR count). The molecule has 0 spiro atoms. The molecule has 0 radical (unpaired) electrons. The highest BCUT2D eigenvalue weighted by Gasteiger charge is 2.13. The highest BCUT2D eigenvalue weighted by molar-refractivity contribution is 6.31. The van der Waals surface area contributed by atoms with Gasteiger partial charge in [0.2, 0.25) is 0 Å². The lowest BCUT2D eigenvalue weighted by Gasteiger charge is -2.20. The molecule has 9 heteroatoms. The van der Waals surface area contributed by atoms with Gasteiger partial charge < -0.3 is 14.8 Å². The number of aromatic nitrogens is 4. The van der Waals surface area contributed by atoms with Crippen molar-refractivity contribution in [3.05, 3.63) is 118 Å². The molecule has 2 N–H and O–H groups in total. The number of rotatable bonds is 7. The van der Waals surface area contributed by atoms with E-state index in [9.17, 15) is 9.59 Å². The van der Waals surface area contributed by atoms with Crippen molar-refractivity contribution in [2.45, 2.75) is 13.1 Å². The fourth-order valence-electron chi connectivity index (χ4n) is 3.94. The monoisotopic (exact) mass is 498 g/mol. The van der Waals surface area contributed by atoms with Crippen LogP contribution in [0.1, 0.15) is 21.6 Å². The minimum atomic E-state index is -0.250. The van der Waals surface area contributed by atoms with Crippen LogP contribution < -0.4 is 15.8 Å². The van der Waals surface area contributed by atoms with E-state index in [0.717, 1.165) is 27.8 Å². The largest absolute Gasteiger partial charge is 0.346 e. The van der Waals surface area contributed by atoms with Crippen LogP contribution in [0.4, 0.5) is 11.4 Å². The molecular formula is C27H23ClN6O2. The van der Waals surface area contributed by atoms with Crippen LogP contribution in [-0.4, -0.2) is 32.7 Å². The van der Waals surface area contributed by atoms with Gasteiger partial charge in [0.05, 0.1) is 41.7 Å². The average molecular weight is 499 g/mol. The second-order valence-electron chi connectivity index (χ2n) is 8.37. The number of carbonyl (C=O) groups is 1. The number of H-pyrrole nitrogens is 1. The molecule has 180 valence electrons. The summed E-state index contributed by atoms with van der Waals surface area (Å²) in [4.78, 5) is 31.0. The summed E-state index contributed by atoms with van der Waals surface area (Å²) in [6, 6.07) is 20.3. The Hall–Kier alpha value is -4.43. The third kappa shape index (κ3) is 4.99. The van der Waals surface area contributed by atoms with Crippen LogP contribution in [0.2, 0.25) is 5.02 Å². The number of anilines is 2. The predicted octanol–water partition coefficient (Wildman–Crippen LogP) is 4.52. The number of halogens is 1. The van der Waals surface area contributed by atoms with E-state index in [0.29, 0.717) is 22.8 Å². The molecule has 0 aliphatic rings. The van der Waals surface area contributed by atoms with Gasteiger partial charge in [0.1, 0.15) is 0 Å². The van der Waals surface area contributed by atoms with Crippen LogP contribution in [0.3, 0.4) is 0 Å². The van der Waals surface area contributed by atoms with E-state index < -0.39 is 0 Å². The first kappa shape index (κ1) is 23.3. The molecule has 0 aliphatic carbocycles. The van der Waals surface area contributed by atoms with Crippen molar-refractivity contribution in [3.63, 3.8) is 0 Å². The first-order valence-electron chi connectivity index (χ1n) is 11.3. The molecule has 0 unspecified atom stereocenters. The molecule has 0 fully saturated rings. The summed E-state index contributed by atoms with van der Waals surface area (Å²) >= 11 is 6.10. The molecule has 3 aromatic heterocycles. The SMILES string of the molecule is CN(c1ccc(Cn2ccccc2=O)cc1)c1cncc(C(=O)NCc2n[nH]c3ccc(Cl)cc23)c1. The summed E-state index contributed by atoms with van der Waals surface area (Å²) in [5, 5.41) is 11.6. The summed E-state index contributed by atoms with van der Waals surface area (Å²) in [5.74, 6) is -0.250. The number of pyridine rings is 2. The van der Waals surface area contributed by atoms with Gasteiger partial charge in [-0.3, -0.25) is 19.7 Å². The van der Waals surface area contributed by atoms with E-state index in [4.69, 9.17) is 11.6 Å². The van der Waals surface area contributed by atoms with E-state index in [2.05, 4.69) is 20.5 Å². The number of fused-ring (bicyclic) bond motifs is 1. The van der Waals surface area contributed by atoms with Gasteiger partial charge in [0.15, 0.2) is 0 Å². The molecule has 8 nitrogen and oxygen atoms in total. The smallest absolute Gasteiger partial charge is 0.253 e. The predicted molar refractivity (Wildman–Crippen MR) is 141 cm³/mol. The Morgan fingerprint density at radius 3 is 2.69 bits per heavy atom. The third-order valence-corrected chi connectivity index (χ3v) is 6.20. The minimum Gasteiger partial charge on any atom is -0.346 e. The zero-order valence-electron chi connectivity index (χ0n) is 19.5. The van der Waals surface area contributed by atoms with Crippen molar-refractivity contribution in [1.82, 2.24) is 25.1 Å². The summed E-state index contributed by atoms with van der Waals surface area (Å²) in [5.41, 5.74) is 4.68. The van der Waals surface area contributed by atoms with Crippen molar-refractivity contribution in [2.24, 2.45) is 0 Å². The molecule has 0 saturated carbocycles. The number of hydrogen-bond acceptors (Lipinski definition) is 5. The molecule has 3 heterocycles. The molecular weight excluding hydrogens is 476 g/mol. The Morgan fingerprint density at radius 2 is 1.89 bits per heavy atom. The number of benzene rings is 2. The normalized spacial score (nSPS) is 10.9. The van der Waals surface area contributed by atoms with Crippen molar-refractivity contribution in [3.8, 4) is 0 Å². The van der Waals surface area contributed by atoms with Crippen molar-refractivity contribution < 1.29 is 4.79 Å². The maximum Gasteiger partial charge on any atom is 0.253 e. The number of aromatic amines is 1. The lowest BCUT2D eigenvalue weighted by Crippen LogP contribution is -2.23. The van der Waals surface area contributed by atoms with E-state index in [1.165, 1.54) is 6.20 Å². The average Bonchev–Trinajstić information content (AvgIpc) is 3.30. The Balaban J connectivity index is 1.27. The Labute approximate surface area is 212 Å². The molecule has 36 heavy (non-hydrogen) atoms. The molecule has 0 saturated heterocycles. The maximum absolute atomic E-state index is 12.8. The van der Waals surface area contributed by atoms with Gasteiger partial charge in [0.25, 0.3) is 11.5 Å². The van der Waals surface area contributed by atoms with Crippen LogP contribution in [0.25, 0.3) is 10.9 Å². The van der Waals surface area contributed by atoms with Crippen molar-refractivity contribution >= 4 is 39.8 Å². The summed E-state index contributed by atoms with van der Waals surface area (Å²) in [6.07, 6.45) is 5.01. The second kappa shape index (κ2) is 10.1. The fourth-order valence-corrected chi connectivity index (χ4v) is 4.11. The highest BCUT2D eigenvalue weighted by Crippen LogP contribution is 2.24. The fraction of sp³-hybridized carbons (Fsp3) is 0.111. The van der Waals surface area contributed by atoms with Gasteiger partial charge in [-0.2, -0.15) is 5.10 Å². The van der Waals surface area contributed by atoms with E-state index >= 15 is 0 Å². The quantitative estimate of drug-likeness (QED) is 0.344. The van der Waals surface area contributed by atoms with Gasteiger partial charge in [-0.1, -0.05) is 29.8 Å². The number of nitrogens with one attached hydrogen (secondary N) is 2. The van der Waals surface area contributed by atoms with Crippen molar-refractivity contribution in [1.29, 1.82) is 0 Å². The second-order valence-corrected chi connectivity index (χ2v) is 8.80. The van der Waals surface area contributed by atoms with Crippen LogP contribution in [0.5, 0.6) is 0 Å². The van der Waals surface area contributed by atoms with Gasteiger partial charge >= 0.3 is 0 Å². The summed E-state index contributed by atoms with van der Waals surface area (Å²) in [7, 11) is 1.91. The van der Waals surface area contributed by atoms with E-state index in [1.807, 2.05) is 54.4 Å². The minimum absolute atomic E-state index is 0.0378. The molecule has 1 amide bonds. The van der Waals surface area contributed by atoms with Gasteiger partial charge in [0, 0.05) is 41.6 Å². The molecule has 0 aliphatic heterocycles. The highest BCUT2D eigenvalue weighted by atomic mass is 35.5. The van der Waals surface area contributed by atoms with Gasteiger partial charge in [-0.05, 0) is 48.0 Å². The number of hydrogen-bond donors (Lipinski definition) is 2. The van der Waals surface area contributed by atoms with Gasteiger partial charge in [-0.15, -0.1) is 0 Å². The van der Waals surface area contributed by atoms with Gasteiger partial charge in [-0.25, -0.2) is 0 Å². The topological polar surface area (TPSA) is 95.9 Å². The van der Waals surface area contributed by atoms with Crippen molar-refractivity contribution in [2.75, 3.05) is 11.9 Å². The Bertz CT molecular complexity index is 1590. The number of carbonyl (C=O) groups excluding carboxylic acids is 1. The zero-order chi connectivity index (χ0) is 25.1. The first-order valence-corrected chi connectivity index (χ1v) is 11.7. The Morgan fingerprint density at radius 1 is 1.06 bits per heavy atom. The maximum atomic E-state index is 12.8. The van der Waals surface area contributed by atoms with E-state index in [1.54, 1.807) is 41.2 Å². The molecule has 5 aromatic rings. The lowest BCUT2D eigenvalue weighted by molar-refractivity contribution is 0.0950. The summed E-state index contributed by atoms with van der Waals surface area (Å²) < 4.78 is 1.66. The third-order valence-electron chi connectivity index (χ3n) is 5.97. The standard InChI is InChI=1S/C27H23ClN6O2/c1-33(21-8-5-18(6-9-21)17-34-11-3-2-4-26(34)35)22-12-19(14-29-15-22)27(36)30-16-25-23-13-20(28)7-10-24(23)31-32-25/h2-15H,16-17H2,1H3,(H,30,36)(H,31,32). The summed E-state index contributed by atoms with van der Waals surface area (Å²) in [6.45, 7) is 0.754. The lowest BCUT2D eigenvalue weighted by atomic mass is 10.1. The molecule has 0 atom stereocenters. The molecule has 0 bridgehead atoms. The molecule has 2 aromatic carbocycles. The van der Waals surface area contributed by atoms with Crippen LogP contribution >= 0.6 is 11.6 Å². The van der Waals surface area contributed by atoms with Crippen LogP contribution in [-0.2, 0) is 13.1 Å². The zero-order valence-corrected chi connectivity index (χ0v) is 20.2.